The summed E-state index contributed by atoms with van der Waals surface area (Å²) in [4.78, 5) is 25.6. The number of rotatable bonds is 4. The van der Waals surface area contributed by atoms with Gasteiger partial charge < -0.3 is 4.79 Å². The maximum Gasteiger partial charge on any atom is 0.231 e. The minimum absolute atomic E-state index is 0.0150. The predicted molar refractivity (Wildman–Crippen MR) is 47.4 cm³/mol. The van der Waals surface area contributed by atoms with Gasteiger partial charge in [-0.05, 0) is 13.3 Å². The van der Waals surface area contributed by atoms with Crippen molar-refractivity contribution in [1.29, 1.82) is 0 Å². The molecule has 0 unspecified atom stereocenters. The summed E-state index contributed by atoms with van der Waals surface area (Å²) in [6.45, 7) is 1.53. The summed E-state index contributed by atoms with van der Waals surface area (Å²) >= 11 is 0. The fourth-order valence-electron chi connectivity index (χ4n) is 1.02. The molecular weight excluding hydrogens is 168 g/mol. The zero-order valence-corrected chi connectivity index (χ0v) is 7.56. The first-order valence-electron chi connectivity index (χ1n) is 4.21. The normalized spacial score (nSPS) is 9.92. The van der Waals surface area contributed by atoms with Gasteiger partial charge in [0.1, 0.15) is 12.1 Å². The molecule has 0 aromatic carbocycles. The van der Waals surface area contributed by atoms with Crippen molar-refractivity contribution in [1.82, 2.24) is 9.55 Å². The highest BCUT2D eigenvalue weighted by Gasteiger charge is 2.03. The lowest BCUT2D eigenvalue weighted by Gasteiger charge is -1.98. The van der Waals surface area contributed by atoms with Crippen LogP contribution in [-0.2, 0) is 4.79 Å². The van der Waals surface area contributed by atoms with Crippen LogP contribution >= 0.6 is 0 Å². The number of Topliss-reactive ketones (excluding diaryl/α,β-unsaturated/α-hetero) is 1. The number of carbonyl (C=O) groups excluding carboxylic acids is 2. The highest BCUT2D eigenvalue weighted by molar-refractivity contribution is 5.80. The van der Waals surface area contributed by atoms with Gasteiger partial charge in [0.05, 0.1) is 0 Å². The summed E-state index contributed by atoms with van der Waals surface area (Å²) in [5.41, 5.74) is 0. The first kappa shape index (κ1) is 9.64. The van der Waals surface area contributed by atoms with Gasteiger partial charge in [-0.1, -0.05) is 0 Å². The second-order valence-corrected chi connectivity index (χ2v) is 2.92. The van der Waals surface area contributed by atoms with Crippen molar-refractivity contribution in [3.05, 3.63) is 18.7 Å². The Labute approximate surface area is 76.6 Å². The summed E-state index contributed by atoms with van der Waals surface area (Å²) < 4.78 is 1.43. The molecule has 70 valence electrons. The molecule has 4 nitrogen and oxygen atoms in total. The van der Waals surface area contributed by atoms with Crippen LogP contribution in [0.15, 0.2) is 18.7 Å². The van der Waals surface area contributed by atoms with Crippen LogP contribution in [-0.4, -0.2) is 21.2 Å². The van der Waals surface area contributed by atoms with Crippen LogP contribution in [0, 0.1) is 0 Å². The van der Waals surface area contributed by atoms with Crippen LogP contribution in [0.4, 0.5) is 0 Å². The molecule has 13 heavy (non-hydrogen) atoms. The van der Waals surface area contributed by atoms with Crippen molar-refractivity contribution in [2.75, 3.05) is 0 Å². The van der Waals surface area contributed by atoms with Crippen LogP contribution in [0.25, 0.3) is 0 Å². The summed E-state index contributed by atoms with van der Waals surface area (Å²) in [5, 5.41) is 0. The van der Waals surface area contributed by atoms with Gasteiger partial charge in [0.15, 0.2) is 0 Å². The molecule has 0 N–H and O–H groups in total. The lowest BCUT2D eigenvalue weighted by molar-refractivity contribution is -0.117. The van der Waals surface area contributed by atoms with Crippen molar-refractivity contribution in [2.24, 2.45) is 0 Å². The Hall–Kier alpha value is -1.45. The molecule has 0 bridgehead atoms. The number of ketones is 1. The molecule has 0 saturated carbocycles. The average Bonchev–Trinajstić information content (AvgIpc) is 2.55. The molecule has 0 radical (unpaired) electrons. The molecule has 0 spiro atoms. The van der Waals surface area contributed by atoms with Crippen molar-refractivity contribution in [3.63, 3.8) is 0 Å². The molecule has 0 saturated heterocycles. The van der Waals surface area contributed by atoms with Gasteiger partial charge in [0.25, 0.3) is 0 Å². The Bertz CT molecular complexity index is 291. The Morgan fingerprint density at radius 3 is 2.69 bits per heavy atom. The zero-order valence-electron chi connectivity index (χ0n) is 7.56. The van der Waals surface area contributed by atoms with Crippen LogP contribution in [0.1, 0.15) is 31.0 Å². The van der Waals surface area contributed by atoms with E-state index in [-0.39, 0.29) is 11.7 Å². The number of nitrogens with zero attached hydrogens (tertiary/aromatic N) is 2. The van der Waals surface area contributed by atoms with Gasteiger partial charge in [-0.15, -0.1) is 0 Å². The summed E-state index contributed by atoms with van der Waals surface area (Å²) in [7, 11) is 0. The molecular formula is C9H12N2O2. The second kappa shape index (κ2) is 4.54. The molecule has 1 aromatic rings. The standard InChI is InChI=1S/C9H12N2O2/c1-8(12)3-2-4-9(13)11-6-5-10-7-11/h5-7H,2-4H2,1H3. The fraction of sp³-hybridized carbons (Fsp3) is 0.444. The van der Waals surface area contributed by atoms with E-state index >= 15 is 0 Å². The van der Waals surface area contributed by atoms with Gasteiger partial charge in [0, 0.05) is 25.2 Å². The third-order valence-corrected chi connectivity index (χ3v) is 1.71. The van der Waals surface area contributed by atoms with E-state index in [1.165, 1.54) is 17.8 Å². The highest BCUT2D eigenvalue weighted by Crippen LogP contribution is 1.99. The summed E-state index contributed by atoms with van der Waals surface area (Å²) in [5.74, 6) is 0.109. The lowest BCUT2D eigenvalue weighted by Crippen LogP contribution is -2.08. The number of aromatic nitrogens is 2. The molecule has 0 amide bonds. The molecule has 0 fully saturated rings. The van der Waals surface area contributed by atoms with Crippen molar-refractivity contribution < 1.29 is 9.59 Å². The van der Waals surface area contributed by atoms with Crippen LogP contribution < -0.4 is 0 Å². The average molecular weight is 180 g/mol. The monoisotopic (exact) mass is 180 g/mol. The van der Waals surface area contributed by atoms with Gasteiger partial charge in [-0.25, -0.2) is 4.98 Å². The molecule has 4 heteroatoms. The van der Waals surface area contributed by atoms with Crippen molar-refractivity contribution in [3.8, 4) is 0 Å². The van der Waals surface area contributed by atoms with E-state index in [1.54, 1.807) is 12.4 Å². The van der Waals surface area contributed by atoms with E-state index < -0.39 is 0 Å². The predicted octanol–water partition coefficient (Wildman–Crippen LogP) is 1.28. The maximum atomic E-state index is 11.3. The van der Waals surface area contributed by atoms with E-state index in [0.717, 1.165) is 0 Å². The van der Waals surface area contributed by atoms with E-state index in [0.29, 0.717) is 19.3 Å². The first-order valence-corrected chi connectivity index (χ1v) is 4.21. The van der Waals surface area contributed by atoms with Gasteiger partial charge >= 0.3 is 0 Å². The fourth-order valence-corrected chi connectivity index (χ4v) is 1.02. The minimum Gasteiger partial charge on any atom is -0.300 e. The smallest absolute Gasteiger partial charge is 0.231 e. The second-order valence-electron chi connectivity index (χ2n) is 2.92. The molecule has 1 aromatic heterocycles. The molecule has 0 aliphatic heterocycles. The third kappa shape index (κ3) is 3.19. The van der Waals surface area contributed by atoms with Crippen molar-refractivity contribution >= 4 is 11.7 Å². The van der Waals surface area contributed by atoms with Gasteiger partial charge in [0.2, 0.25) is 5.91 Å². The topological polar surface area (TPSA) is 52.0 Å². The largest absolute Gasteiger partial charge is 0.300 e. The number of hydrogen-bond donors (Lipinski definition) is 0. The Morgan fingerprint density at radius 2 is 2.15 bits per heavy atom. The number of carbonyl (C=O) groups is 2. The van der Waals surface area contributed by atoms with E-state index in [1.807, 2.05) is 0 Å². The minimum atomic E-state index is -0.0150. The molecule has 0 aliphatic rings. The van der Waals surface area contributed by atoms with Gasteiger partial charge in [-0.3, -0.25) is 9.36 Å². The van der Waals surface area contributed by atoms with E-state index in [9.17, 15) is 9.59 Å². The SMILES string of the molecule is CC(=O)CCCC(=O)n1ccnc1. The number of hydrogen-bond acceptors (Lipinski definition) is 3. The van der Waals surface area contributed by atoms with E-state index in [2.05, 4.69) is 4.98 Å². The molecule has 0 atom stereocenters. The number of imidazole rings is 1. The van der Waals surface area contributed by atoms with Crippen LogP contribution in [0.5, 0.6) is 0 Å². The molecule has 1 rings (SSSR count). The Balaban J connectivity index is 2.31. The Kier molecular flexibility index (Phi) is 3.37. The first-order chi connectivity index (χ1) is 6.20. The third-order valence-electron chi connectivity index (χ3n) is 1.71. The maximum absolute atomic E-state index is 11.3. The summed E-state index contributed by atoms with van der Waals surface area (Å²) in [6.07, 6.45) is 6.12. The van der Waals surface area contributed by atoms with Gasteiger partial charge in [-0.2, -0.15) is 0 Å². The summed E-state index contributed by atoms with van der Waals surface area (Å²) in [6, 6.07) is 0. The lowest BCUT2D eigenvalue weighted by atomic mass is 10.2. The molecule has 0 aliphatic carbocycles. The zero-order chi connectivity index (χ0) is 9.68. The van der Waals surface area contributed by atoms with E-state index in [4.69, 9.17) is 0 Å². The quantitative estimate of drug-likeness (QED) is 0.701. The van der Waals surface area contributed by atoms with Crippen molar-refractivity contribution in [2.45, 2.75) is 26.2 Å². The van der Waals surface area contributed by atoms with Crippen LogP contribution in [0.2, 0.25) is 0 Å². The Morgan fingerprint density at radius 1 is 1.38 bits per heavy atom. The molecule has 1 heterocycles. The highest BCUT2D eigenvalue weighted by atomic mass is 16.2. The van der Waals surface area contributed by atoms with Crippen LogP contribution in [0.3, 0.4) is 0 Å².